The van der Waals surface area contributed by atoms with Crippen LogP contribution in [0.2, 0.25) is 0 Å². The Hall–Kier alpha value is -1.68. The zero-order chi connectivity index (χ0) is 12.0. The Morgan fingerprint density at radius 3 is 2.44 bits per heavy atom. The Morgan fingerprint density at radius 2 is 1.88 bits per heavy atom. The minimum absolute atomic E-state index is 0.000990. The molecule has 2 N–H and O–H groups in total. The van der Waals surface area contributed by atoms with Crippen LogP contribution in [0.3, 0.4) is 0 Å². The zero-order valence-corrected chi connectivity index (χ0v) is 9.19. The number of hydrogen-bond donors (Lipinski definition) is 2. The van der Waals surface area contributed by atoms with Crippen molar-refractivity contribution in [2.45, 2.75) is 13.3 Å². The molecule has 0 aromatic heterocycles. The zero-order valence-electron chi connectivity index (χ0n) is 9.19. The molecule has 0 aliphatic heterocycles. The van der Waals surface area contributed by atoms with Crippen LogP contribution in [0.5, 0.6) is 0 Å². The van der Waals surface area contributed by atoms with Gasteiger partial charge in [0.2, 0.25) is 5.78 Å². The van der Waals surface area contributed by atoms with Crippen molar-refractivity contribution in [2.24, 2.45) is 0 Å². The summed E-state index contributed by atoms with van der Waals surface area (Å²) in [6, 6.07) is 6.83. The maximum atomic E-state index is 11.6. The fourth-order valence-corrected chi connectivity index (χ4v) is 1.20. The second-order valence-electron chi connectivity index (χ2n) is 3.53. The van der Waals surface area contributed by atoms with E-state index in [-0.39, 0.29) is 6.61 Å². The third-order valence-corrected chi connectivity index (χ3v) is 2.14. The van der Waals surface area contributed by atoms with Crippen molar-refractivity contribution >= 4 is 11.7 Å². The first-order valence-electron chi connectivity index (χ1n) is 5.15. The van der Waals surface area contributed by atoms with Gasteiger partial charge in [-0.05, 0) is 13.3 Å². The molecule has 1 rings (SSSR count). The van der Waals surface area contributed by atoms with Crippen molar-refractivity contribution in [1.29, 1.82) is 0 Å². The summed E-state index contributed by atoms with van der Waals surface area (Å²) in [5, 5.41) is 11.0. The van der Waals surface area contributed by atoms with Crippen LogP contribution < -0.4 is 5.32 Å². The minimum atomic E-state index is -0.627. The second-order valence-corrected chi connectivity index (χ2v) is 3.53. The van der Waals surface area contributed by atoms with E-state index in [1.54, 1.807) is 24.3 Å². The van der Waals surface area contributed by atoms with E-state index in [1.807, 2.05) is 6.92 Å². The number of aryl methyl sites for hydroxylation is 1. The van der Waals surface area contributed by atoms with Gasteiger partial charge in [-0.1, -0.05) is 29.8 Å². The Kier molecular flexibility index (Phi) is 4.66. The lowest BCUT2D eigenvalue weighted by Gasteiger charge is -2.03. The lowest BCUT2D eigenvalue weighted by molar-refractivity contribution is -0.117. The third-order valence-electron chi connectivity index (χ3n) is 2.14. The molecule has 16 heavy (non-hydrogen) atoms. The van der Waals surface area contributed by atoms with E-state index in [4.69, 9.17) is 5.11 Å². The SMILES string of the molecule is Cc1ccc(C(=O)C(=O)NCCCO)cc1. The van der Waals surface area contributed by atoms with Gasteiger partial charge in [-0.3, -0.25) is 9.59 Å². The highest BCUT2D eigenvalue weighted by molar-refractivity contribution is 6.42. The number of aliphatic hydroxyl groups is 1. The molecule has 0 radical (unpaired) electrons. The highest BCUT2D eigenvalue weighted by Gasteiger charge is 2.14. The predicted octanol–water partition coefficient (Wildman–Crippen LogP) is 0.676. The smallest absolute Gasteiger partial charge is 0.292 e. The number of nitrogens with one attached hydrogen (secondary N) is 1. The van der Waals surface area contributed by atoms with Crippen molar-refractivity contribution in [2.75, 3.05) is 13.2 Å². The van der Waals surface area contributed by atoms with Gasteiger partial charge in [-0.15, -0.1) is 0 Å². The van der Waals surface area contributed by atoms with E-state index in [0.717, 1.165) is 5.56 Å². The molecule has 0 bridgehead atoms. The molecule has 1 amide bonds. The maximum Gasteiger partial charge on any atom is 0.292 e. The van der Waals surface area contributed by atoms with Crippen molar-refractivity contribution < 1.29 is 14.7 Å². The summed E-state index contributed by atoms with van der Waals surface area (Å²) in [5.74, 6) is -1.17. The van der Waals surface area contributed by atoms with E-state index in [9.17, 15) is 9.59 Å². The summed E-state index contributed by atoms with van der Waals surface area (Å²) >= 11 is 0. The molecule has 0 atom stereocenters. The summed E-state index contributed by atoms with van der Waals surface area (Å²) in [6.07, 6.45) is 0.451. The molecule has 0 unspecified atom stereocenters. The third kappa shape index (κ3) is 3.47. The van der Waals surface area contributed by atoms with Crippen LogP contribution in [-0.2, 0) is 4.79 Å². The number of amides is 1. The fourth-order valence-electron chi connectivity index (χ4n) is 1.20. The Morgan fingerprint density at radius 1 is 1.25 bits per heavy atom. The van der Waals surface area contributed by atoms with Crippen LogP contribution in [0.1, 0.15) is 22.3 Å². The summed E-state index contributed by atoms with van der Waals surface area (Å²) in [7, 11) is 0. The average molecular weight is 221 g/mol. The first-order valence-corrected chi connectivity index (χ1v) is 5.15. The second kappa shape index (κ2) is 6.02. The van der Waals surface area contributed by atoms with Gasteiger partial charge in [-0.25, -0.2) is 0 Å². The van der Waals surface area contributed by atoms with Gasteiger partial charge < -0.3 is 10.4 Å². The van der Waals surface area contributed by atoms with Crippen LogP contribution in [0.15, 0.2) is 24.3 Å². The fraction of sp³-hybridized carbons (Fsp3) is 0.333. The van der Waals surface area contributed by atoms with Gasteiger partial charge >= 0.3 is 0 Å². The van der Waals surface area contributed by atoms with Gasteiger partial charge in [-0.2, -0.15) is 0 Å². The van der Waals surface area contributed by atoms with Crippen LogP contribution >= 0.6 is 0 Å². The molecule has 0 heterocycles. The monoisotopic (exact) mass is 221 g/mol. The molecule has 0 fully saturated rings. The van der Waals surface area contributed by atoms with Gasteiger partial charge in [0, 0.05) is 18.7 Å². The number of ketones is 1. The van der Waals surface area contributed by atoms with Crippen molar-refractivity contribution in [1.82, 2.24) is 5.32 Å². The summed E-state index contributed by atoms with van der Waals surface area (Å²) in [6.45, 7) is 2.22. The number of Topliss-reactive ketones (excluding diaryl/α,β-unsaturated/α-hetero) is 1. The number of aliphatic hydroxyl groups excluding tert-OH is 1. The number of hydrogen-bond acceptors (Lipinski definition) is 3. The van der Waals surface area contributed by atoms with Gasteiger partial charge in [0.1, 0.15) is 0 Å². The molecule has 4 heteroatoms. The molecule has 0 saturated heterocycles. The van der Waals surface area contributed by atoms with E-state index >= 15 is 0 Å². The normalized spacial score (nSPS) is 9.88. The van der Waals surface area contributed by atoms with Crippen LogP contribution in [0.25, 0.3) is 0 Å². The van der Waals surface area contributed by atoms with Gasteiger partial charge in [0.25, 0.3) is 5.91 Å². The highest BCUT2D eigenvalue weighted by Crippen LogP contribution is 2.03. The molecule has 1 aromatic rings. The van der Waals surface area contributed by atoms with Crippen molar-refractivity contribution in [3.63, 3.8) is 0 Å². The summed E-state index contributed by atoms with van der Waals surface area (Å²) in [4.78, 5) is 22.9. The topological polar surface area (TPSA) is 66.4 Å². The van der Waals surface area contributed by atoms with Crippen molar-refractivity contribution in [3.05, 3.63) is 35.4 Å². The summed E-state index contributed by atoms with van der Waals surface area (Å²) < 4.78 is 0. The largest absolute Gasteiger partial charge is 0.396 e. The van der Waals surface area contributed by atoms with Gasteiger partial charge in [0.15, 0.2) is 0 Å². The van der Waals surface area contributed by atoms with Crippen LogP contribution in [0.4, 0.5) is 0 Å². The molecule has 4 nitrogen and oxygen atoms in total. The maximum absolute atomic E-state index is 11.6. The number of carbonyl (C=O) groups is 2. The standard InChI is InChI=1S/C12H15NO3/c1-9-3-5-10(6-4-9)11(15)12(16)13-7-2-8-14/h3-6,14H,2,7-8H2,1H3,(H,13,16). The quantitative estimate of drug-likeness (QED) is 0.436. The molecule has 0 aliphatic carbocycles. The average Bonchev–Trinajstić information content (AvgIpc) is 2.29. The minimum Gasteiger partial charge on any atom is -0.396 e. The number of carbonyl (C=O) groups excluding carboxylic acids is 2. The van der Waals surface area contributed by atoms with E-state index in [0.29, 0.717) is 18.5 Å². The van der Waals surface area contributed by atoms with Crippen molar-refractivity contribution in [3.8, 4) is 0 Å². The Balaban J connectivity index is 2.57. The van der Waals surface area contributed by atoms with E-state index in [1.165, 1.54) is 0 Å². The molecule has 0 aliphatic rings. The van der Waals surface area contributed by atoms with E-state index in [2.05, 4.69) is 5.32 Å². The lowest BCUT2D eigenvalue weighted by atomic mass is 10.1. The molecular formula is C12H15NO3. The first-order chi connectivity index (χ1) is 7.65. The number of rotatable bonds is 5. The molecule has 0 saturated carbocycles. The first kappa shape index (κ1) is 12.4. The van der Waals surface area contributed by atoms with Crippen LogP contribution in [0, 0.1) is 6.92 Å². The van der Waals surface area contributed by atoms with Gasteiger partial charge in [0.05, 0.1) is 0 Å². The predicted molar refractivity (Wildman–Crippen MR) is 60.2 cm³/mol. The van der Waals surface area contributed by atoms with E-state index < -0.39 is 11.7 Å². The molecule has 1 aromatic carbocycles. The molecule has 0 spiro atoms. The Bertz CT molecular complexity index is 370. The lowest BCUT2D eigenvalue weighted by Crippen LogP contribution is -2.32. The molecule has 86 valence electrons. The number of benzene rings is 1. The Labute approximate surface area is 94.3 Å². The highest BCUT2D eigenvalue weighted by atomic mass is 16.3. The molecular weight excluding hydrogens is 206 g/mol. The van der Waals surface area contributed by atoms with Crippen LogP contribution in [-0.4, -0.2) is 29.9 Å². The summed E-state index contributed by atoms with van der Waals surface area (Å²) in [5.41, 5.74) is 1.42.